The van der Waals surface area contributed by atoms with Gasteiger partial charge in [0.25, 0.3) is 0 Å². The Bertz CT molecular complexity index is 671. The molecule has 1 aromatic carbocycles. The summed E-state index contributed by atoms with van der Waals surface area (Å²) in [7, 11) is -3.23. The molecule has 6 heteroatoms. The van der Waals surface area contributed by atoms with Crippen molar-refractivity contribution >= 4 is 55.0 Å². The Morgan fingerprint density at radius 3 is 2.68 bits per heavy atom. The van der Waals surface area contributed by atoms with Crippen molar-refractivity contribution in [1.29, 1.82) is 0 Å². The molecule has 0 spiro atoms. The molecule has 2 fully saturated rings. The number of ether oxygens (including phenoxy) is 1. The average molecular weight is 502 g/mol. The minimum Gasteiger partial charge on any atom is -0.373 e. The summed E-state index contributed by atoms with van der Waals surface area (Å²) in [6.45, 7) is 0. The molecule has 3 nitrogen and oxygen atoms in total. The molecule has 1 aromatic rings. The molecule has 0 saturated carbocycles. The van der Waals surface area contributed by atoms with Gasteiger partial charge < -0.3 is 4.74 Å². The molecule has 0 N–H and O–H groups in total. The van der Waals surface area contributed by atoms with Crippen molar-refractivity contribution in [3.05, 3.63) is 24.8 Å². The Kier molecular flexibility index (Phi) is 3.00. The Morgan fingerprint density at radius 1 is 1.16 bits per heavy atom. The van der Waals surface area contributed by atoms with Crippen LogP contribution in [0.1, 0.15) is 18.4 Å². The summed E-state index contributed by atoms with van der Waals surface area (Å²) in [5.41, 5.74) is 0.994. The maximum absolute atomic E-state index is 12.9. The van der Waals surface area contributed by atoms with Gasteiger partial charge in [0.2, 0.25) is 0 Å². The highest BCUT2D eigenvalue weighted by Crippen LogP contribution is 2.50. The third-order valence-corrected chi connectivity index (χ3v) is 8.80. The van der Waals surface area contributed by atoms with Crippen molar-refractivity contribution in [2.75, 3.05) is 0 Å². The zero-order valence-electron chi connectivity index (χ0n) is 9.97. The lowest BCUT2D eigenvalue weighted by Gasteiger charge is -2.33. The van der Waals surface area contributed by atoms with Crippen LogP contribution >= 0.6 is 45.2 Å². The minimum atomic E-state index is -3.23. The van der Waals surface area contributed by atoms with Crippen molar-refractivity contribution in [1.82, 2.24) is 0 Å². The number of sulfone groups is 1. The van der Waals surface area contributed by atoms with Crippen LogP contribution in [0.2, 0.25) is 0 Å². The maximum atomic E-state index is 12.9. The van der Waals surface area contributed by atoms with Gasteiger partial charge in [0.15, 0.2) is 9.84 Å². The van der Waals surface area contributed by atoms with Crippen LogP contribution in [-0.2, 0) is 21.0 Å². The quantitative estimate of drug-likeness (QED) is 0.513. The van der Waals surface area contributed by atoms with E-state index in [0.717, 1.165) is 32.0 Å². The van der Waals surface area contributed by atoms with E-state index in [9.17, 15) is 8.42 Å². The summed E-state index contributed by atoms with van der Waals surface area (Å²) in [5.74, 6) is 0.172. The molecule has 0 aromatic heterocycles. The lowest BCUT2D eigenvalue weighted by molar-refractivity contribution is 0.0930. The lowest BCUT2D eigenvalue weighted by Crippen LogP contribution is -2.43. The normalized spacial score (nSPS) is 38.0. The first-order chi connectivity index (χ1) is 8.98. The number of halogens is 2. The highest BCUT2D eigenvalue weighted by atomic mass is 127. The van der Waals surface area contributed by atoms with Gasteiger partial charge in [-0.25, -0.2) is 8.42 Å². The van der Waals surface area contributed by atoms with Crippen LogP contribution in [0.5, 0.6) is 0 Å². The Morgan fingerprint density at radius 2 is 1.89 bits per heavy atom. The lowest BCUT2D eigenvalue weighted by atomic mass is 9.84. The number of benzene rings is 1. The maximum Gasteiger partial charge on any atom is 0.185 e. The van der Waals surface area contributed by atoms with Gasteiger partial charge in [0.05, 0.1) is 22.4 Å². The van der Waals surface area contributed by atoms with E-state index in [2.05, 4.69) is 45.2 Å². The summed E-state index contributed by atoms with van der Waals surface area (Å²) >= 11 is 4.41. The van der Waals surface area contributed by atoms with Crippen molar-refractivity contribution in [2.45, 2.75) is 41.6 Å². The standard InChI is InChI=1S/C13H12I2O3S/c14-7-3-6-4-8-10-1-2-11(18-10)13(8)19(16,17)12(6)9(15)5-7/h3,5,8,10-11,13H,1-2,4H2. The van der Waals surface area contributed by atoms with E-state index < -0.39 is 9.84 Å². The molecule has 3 heterocycles. The van der Waals surface area contributed by atoms with E-state index in [-0.39, 0.29) is 23.4 Å². The number of rotatable bonds is 0. The smallest absolute Gasteiger partial charge is 0.185 e. The highest BCUT2D eigenvalue weighted by molar-refractivity contribution is 14.1. The van der Waals surface area contributed by atoms with E-state index in [0.29, 0.717) is 4.90 Å². The van der Waals surface area contributed by atoms with Crippen molar-refractivity contribution in [3.63, 3.8) is 0 Å². The first-order valence-corrected chi connectivity index (χ1v) is 10.1. The van der Waals surface area contributed by atoms with Crippen LogP contribution in [0.4, 0.5) is 0 Å². The second-order valence-electron chi connectivity index (χ2n) is 5.54. The van der Waals surface area contributed by atoms with Crippen LogP contribution in [0.15, 0.2) is 17.0 Å². The van der Waals surface area contributed by atoms with Crippen molar-refractivity contribution in [2.24, 2.45) is 5.92 Å². The van der Waals surface area contributed by atoms with Crippen LogP contribution in [0.3, 0.4) is 0 Å². The molecule has 2 saturated heterocycles. The number of hydrogen-bond donors (Lipinski definition) is 0. The summed E-state index contributed by atoms with van der Waals surface area (Å²) in [4.78, 5) is 0.575. The molecule has 0 aliphatic carbocycles. The molecule has 4 rings (SSSR count). The Hall–Kier alpha value is 0.590. The van der Waals surface area contributed by atoms with Gasteiger partial charge in [-0.15, -0.1) is 0 Å². The predicted molar refractivity (Wildman–Crippen MR) is 87.9 cm³/mol. The summed E-state index contributed by atoms with van der Waals surface area (Å²) in [6.07, 6.45) is 2.88. The summed E-state index contributed by atoms with van der Waals surface area (Å²) in [5, 5.41) is -0.299. The second kappa shape index (κ2) is 4.30. The molecule has 3 aliphatic heterocycles. The van der Waals surface area contributed by atoms with Crippen molar-refractivity contribution < 1.29 is 13.2 Å². The van der Waals surface area contributed by atoms with E-state index >= 15 is 0 Å². The SMILES string of the molecule is O=S1(=O)c2c(I)cc(I)cc2CC2C3CCC(O3)C21. The molecule has 102 valence electrons. The Labute approximate surface area is 139 Å². The fourth-order valence-electron chi connectivity index (χ4n) is 3.88. The highest BCUT2D eigenvalue weighted by Gasteiger charge is 2.57. The van der Waals surface area contributed by atoms with Gasteiger partial charge in [-0.2, -0.15) is 0 Å². The van der Waals surface area contributed by atoms with Crippen LogP contribution in [-0.4, -0.2) is 25.9 Å². The van der Waals surface area contributed by atoms with Gasteiger partial charge >= 0.3 is 0 Å². The van der Waals surface area contributed by atoms with Crippen LogP contribution in [0, 0.1) is 13.1 Å². The molecule has 0 radical (unpaired) electrons. The monoisotopic (exact) mass is 502 g/mol. The first kappa shape index (κ1) is 13.3. The molecule has 4 atom stereocenters. The van der Waals surface area contributed by atoms with Crippen LogP contribution in [0.25, 0.3) is 0 Å². The van der Waals surface area contributed by atoms with Gasteiger partial charge in [-0.05, 0) is 82.1 Å². The third-order valence-electron chi connectivity index (χ3n) is 4.53. The molecule has 19 heavy (non-hydrogen) atoms. The fourth-order valence-corrected chi connectivity index (χ4v) is 9.21. The third kappa shape index (κ3) is 1.78. The number of fused-ring (bicyclic) bond motifs is 6. The number of hydrogen-bond acceptors (Lipinski definition) is 3. The van der Waals surface area contributed by atoms with Crippen LogP contribution < -0.4 is 0 Å². The molecule has 4 unspecified atom stereocenters. The largest absolute Gasteiger partial charge is 0.373 e. The Balaban J connectivity index is 1.96. The first-order valence-electron chi connectivity index (χ1n) is 6.36. The van der Waals surface area contributed by atoms with E-state index in [4.69, 9.17) is 4.74 Å². The van der Waals surface area contributed by atoms with Crippen molar-refractivity contribution in [3.8, 4) is 0 Å². The summed E-state index contributed by atoms with van der Waals surface area (Å²) in [6, 6.07) is 3.98. The zero-order chi connectivity index (χ0) is 13.4. The molecule has 3 aliphatic rings. The van der Waals surface area contributed by atoms with E-state index in [1.165, 1.54) is 0 Å². The van der Waals surface area contributed by atoms with Gasteiger partial charge in [-0.1, -0.05) is 0 Å². The molecular weight excluding hydrogens is 490 g/mol. The predicted octanol–water partition coefficient (Wildman–Crippen LogP) is 2.77. The van der Waals surface area contributed by atoms with Gasteiger partial charge in [-0.3, -0.25) is 0 Å². The summed E-state index contributed by atoms with van der Waals surface area (Å²) < 4.78 is 33.7. The molecule has 2 bridgehead atoms. The zero-order valence-corrected chi connectivity index (χ0v) is 15.1. The minimum absolute atomic E-state index is 0.0665. The average Bonchev–Trinajstić information content (AvgIpc) is 2.87. The fraction of sp³-hybridized carbons (Fsp3) is 0.538. The molecule has 0 amide bonds. The van der Waals surface area contributed by atoms with Gasteiger partial charge in [0.1, 0.15) is 0 Å². The second-order valence-corrected chi connectivity index (χ2v) is 9.99. The van der Waals surface area contributed by atoms with E-state index in [1.54, 1.807) is 0 Å². The van der Waals surface area contributed by atoms with E-state index in [1.807, 2.05) is 12.1 Å². The van der Waals surface area contributed by atoms with Gasteiger partial charge in [0, 0.05) is 13.1 Å². The molecular formula is C13H12I2O3S. The topological polar surface area (TPSA) is 43.4 Å².